The molecule has 0 fully saturated rings. The second-order valence-corrected chi connectivity index (χ2v) is 16.9. The highest BCUT2D eigenvalue weighted by molar-refractivity contribution is 6.13. The van der Waals surface area contributed by atoms with Crippen molar-refractivity contribution < 1.29 is 4.42 Å². The highest BCUT2D eigenvalue weighted by Crippen LogP contribution is 2.54. The van der Waals surface area contributed by atoms with Crippen LogP contribution in [0.5, 0.6) is 0 Å². The molecule has 0 unspecified atom stereocenters. The summed E-state index contributed by atoms with van der Waals surface area (Å²) in [5.41, 5.74) is 20.9. The molecule has 10 aromatic rings. The van der Waals surface area contributed by atoms with Crippen molar-refractivity contribution in [3.63, 3.8) is 0 Å². The van der Waals surface area contributed by atoms with Gasteiger partial charge in [-0.15, -0.1) is 0 Å². The van der Waals surface area contributed by atoms with Gasteiger partial charge in [-0.25, -0.2) is 0 Å². The number of hydrogen-bond acceptors (Lipinski definition) is 1. The normalized spacial score (nSPS) is 14.7. The van der Waals surface area contributed by atoms with Crippen molar-refractivity contribution in [2.45, 2.75) is 38.5 Å². The van der Waals surface area contributed by atoms with Crippen LogP contribution < -0.4 is 0 Å². The molecule has 2 aliphatic rings. The lowest BCUT2D eigenvalue weighted by molar-refractivity contribution is 0.653. The van der Waals surface area contributed by atoms with E-state index in [2.05, 4.69) is 196 Å². The Hall–Kier alpha value is -6.64. The molecule has 266 valence electrons. The second kappa shape index (κ2) is 11.0. The van der Waals surface area contributed by atoms with Gasteiger partial charge in [-0.2, -0.15) is 0 Å². The fourth-order valence-corrected chi connectivity index (χ4v) is 10.3. The minimum atomic E-state index is -0.130. The van der Waals surface area contributed by atoms with Crippen molar-refractivity contribution >= 4 is 43.7 Å². The number of para-hydroxylation sites is 2. The van der Waals surface area contributed by atoms with E-state index in [1.807, 2.05) is 0 Å². The largest absolute Gasteiger partial charge is 0.455 e. The Balaban J connectivity index is 1.05. The Morgan fingerprint density at radius 3 is 1.75 bits per heavy atom. The van der Waals surface area contributed by atoms with E-state index in [1.165, 1.54) is 99.3 Å². The average molecular weight is 718 g/mol. The van der Waals surface area contributed by atoms with Crippen LogP contribution in [0, 0.1) is 0 Å². The summed E-state index contributed by atoms with van der Waals surface area (Å²) in [6, 6.07) is 60.8. The van der Waals surface area contributed by atoms with Crippen LogP contribution >= 0.6 is 0 Å². The van der Waals surface area contributed by atoms with Crippen LogP contribution in [0.15, 0.2) is 168 Å². The lowest BCUT2D eigenvalue weighted by atomic mass is 9.81. The molecule has 0 atom stereocenters. The Morgan fingerprint density at radius 2 is 0.964 bits per heavy atom. The zero-order chi connectivity index (χ0) is 37.5. The number of aromatic nitrogens is 1. The highest BCUT2D eigenvalue weighted by Gasteiger charge is 2.38. The SMILES string of the molecule is CC1(C)c2ccccc2-c2ccc(-c3ccc4c(c3)c3cc(-c5ccc6c(c5)-c5c(ccc7c5oc5ccccc57)C6(C)C)ccc3n4-c3ccccc3)cc21. The lowest BCUT2D eigenvalue weighted by Gasteiger charge is -2.22. The van der Waals surface area contributed by atoms with Crippen molar-refractivity contribution in [1.29, 1.82) is 0 Å². The quantitative estimate of drug-likeness (QED) is 0.178. The lowest BCUT2D eigenvalue weighted by Crippen LogP contribution is -2.14. The van der Waals surface area contributed by atoms with Gasteiger partial charge in [0.15, 0.2) is 0 Å². The van der Waals surface area contributed by atoms with Gasteiger partial charge in [0.05, 0.1) is 11.0 Å². The van der Waals surface area contributed by atoms with Gasteiger partial charge in [0.25, 0.3) is 0 Å². The fraction of sp³-hybridized carbons (Fsp3) is 0.111. The summed E-state index contributed by atoms with van der Waals surface area (Å²) in [7, 11) is 0. The molecule has 0 saturated heterocycles. The minimum Gasteiger partial charge on any atom is -0.455 e. The van der Waals surface area contributed by atoms with E-state index in [0.29, 0.717) is 0 Å². The van der Waals surface area contributed by atoms with E-state index in [1.54, 1.807) is 0 Å². The number of rotatable bonds is 3. The summed E-state index contributed by atoms with van der Waals surface area (Å²) in [6.07, 6.45) is 0. The van der Waals surface area contributed by atoms with Crippen molar-refractivity contribution in [3.8, 4) is 50.2 Å². The maximum Gasteiger partial charge on any atom is 0.143 e. The summed E-state index contributed by atoms with van der Waals surface area (Å²) in [4.78, 5) is 0. The Labute approximate surface area is 326 Å². The van der Waals surface area contributed by atoms with Crippen molar-refractivity contribution in [2.24, 2.45) is 0 Å². The van der Waals surface area contributed by atoms with E-state index in [4.69, 9.17) is 4.42 Å². The van der Waals surface area contributed by atoms with Crippen molar-refractivity contribution in [2.75, 3.05) is 0 Å². The number of nitrogens with zero attached hydrogens (tertiary/aromatic N) is 1. The van der Waals surface area contributed by atoms with Crippen LogP contribution in [-0.2, 0) is 10.8 Å². The van der Waals surface area contributed by atoms with Crippen molar-refractivity contribution in [1.82, 2.24) is 4.57 Å². The molecular formula is C54H39NO. The van der Waals surface area contributed by atoms with Crippen LogP contribution in [0.3, 0.4) is 0 Å². The molecule has 0 amide bonds. The Bertz CT molecular complexity index is 3300. The zero-order valence-corrected chi connectivity index (χ0v) is 31.9. The highest BCUT2D eigenvalue weighted by atomic mass is 16.3. The first-order chi connectivity index (χ1) is 27.3. The molecule has 0 radical (unpaired) electrons. The molecule has 12 rings (SSSR count). The first-order valence-electron chi connectivity index (χ1n) is 19.8. The van der Waals surface area contributed by atoms with Gasteiger partial charge in [0.2, 0.25) is 0 Å². The topological polar surface area (TPSA) is 18.1 Å². The van der Waals surface area contributed by atoms with Gasteiger partial charge in [-0.05, 0) is 116 Å². The van der Waals surface area contributed by atoms with Gasteiger partial charge in [-0.3, -0.25) is 0 Å². The third-order valence-electron chi connectivity index (χ3n) is 13.2. The molecule has 2 nitrogen and oxygen atoms in total. The van der Waals surface area contributed by atoms with Crippen LogP contribution in [-0.4, -0.2) is 4.57 Å². The third kappa shape index (κ3) is 4.16. The Kier molecular flexibility index (Phi) is 6.22. The summed E-state index contributed by atoms with van der Waals surface area (Å²) in [5.74, 6) is 0. The minimum absolute atomic E-state index is 0.0496. The molecule has 2 aliphatic carbocycles. The second-order valence-electron chi connectivity index (χ2n) is 16.9. The maximum absolute atomic E-state index is 6.64. The van der Waals surface area contributed by atoms with E-state index in [-0.39, 0.29) is 10.8 Å². The van der Waals surface area contributed by atoms with Gasteiger partial charge in [-0.1, -0.05) is 137 Å². The van der Waals surface area contributed by atoms with Crippen molar-refractivity contribution in [3.05, 3.63) is 186 Å². The average Bonchev–Trinajstić information content (AvgIpc) is 3.91. The molecule has 8 aromatic carbocycles. The number of furan rings is 1. The monoisotopic (exact) mass is 717 g/mol. The predicted octanol–water partition coefficient (Wildman–Crippen LogP) is 14.6. The molecule has 2 heterocycles. The van der Waals surface area contributed by atoms with Gasteiger partial charge in [0, 0.05) is 43.6 Å². The summed E-state index contributed by atoms with van der Waals surface area (Å²) in [5, 5.41) is 4.85. The first kappa shape index (κ1) is 31.7. The predicted molar refractivity (Wildman–Crippen MR) is 234 cm³/mol. The molecule has 0 aliphatic heterocycles. The summed E-state index contributed by atoms with van der Waals surface area (Å²) >= 11 is 0. The van der Waals surface area contributed by atoms with Gasteiger partial charge in [0.1, 0.15) is 11.2 Å². The molecule has 0 spiro atoms. The summed E-state index contributed by atoms with van der Waals surface area (Å²) in [6.45, 7) is 9.40. The third-order valence-corrected chi connectivity index (χ3v) is 13.2. The van der Waals surface area contributed by atoms with E-state index >= 15 is 0 Å². The number of benzene rings is 8. The van der Waals surface area contributed by atoms with Crippen LogP contribution in [0.4, 0.5) is 0 Å². The fourth-order valence-electron chi connectivity index (χ4n) is 10.3. The molecule has 0 N–H and O–H groups in total. The standard InChI is InChI=1S/C54H39NO/c1-53(2)45-24-19-32(30-43(45)51-46(53)25-23-40-39-15-9-11-17-50(39)56-52(40)51)33-20-26-48-41(28-33)42-29-34(21-27-49(42)55(48)36-12-6-5-7-13-36)35-18-22-38-37-14-8-10-16-44(37)54(3,4)47(38)31-35/h5-31H,1-4H3. The first-order valence-corrected chi connectivity index (χ1v) is 19.8. The van der Waals surface area contributed by atoms with Crippen LogP contribution in [0.1, 0.15) is 49.9 Å². The number of fused-ring (bicyclic) bond motifs is 13. The van der Waals surface area contributed by atoms with Gasteiger partial charge >= 0.3 is 0 Å². The van der Waals surface area contributed by atoms with E-state index < -0.39 is 0 Å². The molecule has 2 heteroatoms. The smallest absolute Gasteiger partial charge is 0.143 e. The van der Waals surface area contributed by atoms with Crippen LogP contribution in [0.2, 0.25) is 0 Å². The summed E-state index contributed by atoms with van der Waals surface area (Å²) < 4.78 is 9.06. The molecule has 56 heavy (non-hydrogen) atoms. The van der Waals surface area contributed by atoms with Gasteiger partial charge < -0.3 is 8.98 Å². The number of hydrogen-bond donors (Lipinski definition) is 0. The molecule has 2 aromatic heterocycles. The maximum atomic E-state index is 6.64. The van der Waals surface area contributed by atoms with E-state index in [9.17, 15) is 0 Å². The van der Waals surface area contributed by atoms with E-state index in [0.717, 1.165) is 16.9 Å². The molecule has 0 bridgehead atoms. The molecule has 0 saturated carbocycles. The zero-order valence-electron chi connectivity index (χ0n) is 31.9. The Morgan fingerprint density at radius 1 is 0.393 bits per heavy atom. The van der Waals surface area contributed by atoms with Crippen LogP contribution in [0.25, 0.3) is 93.9 Å². The molecular weight excluding hydrogens is 679 g/mol.